The molecule has 0 bridgehead atoms. The van der Waals surface area contributed by atoms with Gasteiger partial charge < -0.3 is 14.8 Å². The number of piperidine rings is 1. The van der Waals surface area contributed by atoms with Crippen molar-refractivity contribution in [2.45, 2.75) is 39.2 Å². The molecule has 1 N–H and O–H groups in total. The first-order valence-electron chi connectivity index (χ1n) is 7.59. The van der Waals surface area contributed by atoms with Crippen molar-refractivity contribution in [1.82, 2.24) is 19.8 Å². The number of nitrogens with one attached hydrogen (secondary N) is 1. The molecule has 1 aromatic heterocycles. The monoisotopic (exact) mass is 264 g/mol. The molecule has 1 unspecified atom stereocenters. The standard InChI is InChI=1S/C15H28N4/c1-13-5-10-19(11-6-13)9-4-7-16-14(2)15-17-8-12-18(15)3/h8,12-14,16H,4-7,9-11H2,1-3H3. The zero-order valence-corrected chi connectivity index (χ0v) is 12.6. The molecule has 2 rings (SSSR count). The number of rotatable bonds is 6. The lowest BCUT2D eigenvalue weighted by Crippen LogP contribution is -2.35. The van der Waals surface area contributed by atoms with Crippen LogP contribution in [0, 0.1) is 5.92 Å². The maximum absolute atomic E-state index is 4.38. The van der Waals surface area contributed by atoms with E-state index in [0.29, 0.717) is 6.04 Å². The summed E-state index contributed by atoms with van der Waals surface area (Å²) in [6.45, 7) is 9.43. The Balaban J connectivity index is 1.60. The van der Waals surface area contributed by atoms with Crippen LogP contribution in [0.15, 0.2) is 12.4 Å². The van der Waals surface area contributed by atoms with Gasteiger partial charge in [-0.15, -0.1) is 0 Å². The molecule has 0 spiro atoms. The van der Waals surface area contributed by atoms with Crippen LogP contribution in [0.4, 0.5) is 0 Å². The SMILES string of the molecule is CC1CCN(CCCNC(C)c2nccn2C)CC1. The maximum Gasteiger partial charge on any atom is 0.125 e. The largest absolute Gasteiger partial charge is 0.337 e. The molecule has 19 heavy (non-hydrogen) atoms. The molecule has 0 aromatic carbocycles. The molecule has 0 amide bonds. The zero-order valence-electron chi connectivity index (χ0n) is 12.6. The minimum Gasteiger partial charge on any atom is -0.337 e. The Morgan fingerprint density at radius 2 is 2.16 bits per heavy atom. The van der Waals surface area contributed by atoms with Gasteiger partial charge in [0.15, 0.2) is 0 Å². The first-order chi connectivity index (χ1) is 9.16. The lowest BCUT2D eigenvalue weighted by atomic mass is 9.99. The molecule has 1 saturated heterocycles. The van der Waals surface area contributed by atoms with Gasteiger partial charge in [0.25, 0.3) is 0 Å². The fourth-order valence-electron chi connectivity index (χ4n) is 2.79. The van der Waals surface area contributed by atoms with Crippen LogP contribution in [0.3, 0.4) is 0 Å². The summed E-state index contributed by atoms with van der Waals surface area (Å²) < 4.78 is 2.09. The Bertz CT molecular complexity index is 366. The van der Waals surface area contributed by atoms with E-state index in [4.69, 9.17) is 0 Å². The third kappa shape index (κ3) is 4.32. The summed E-state index contributed by atoms with van der Waals surface area (Å²) in [4.78, 5) is 6.99. The number of aryl methyl sites for hydroxylation is 1. The average molecular weight is 264 g/mol. The molecule has 1 aliphatic heterocycles. The molecule has 1 aliphatic rings. The van der Waals surface area contributed by atoms with Gasteiger partial charge in [-0.05, 0) is 58.3 Å². The highest BCUT2D eigenvalue weighted by molar-refractivity contribution is 4.96. The first-order valence-corrected chi connectivity index (χ1v) is 7.59. The highest BCUT2D eigenvalue weighted by atomic mass is 15.1. The van der Waals surface area contributed by atoms with Crippen molar-refractivity contribution >= 4 is 0 Å². The molecule has 4 nitrogen and oxygen atoms in total. The molecule has 1 aromatic rings. The van der Waals surface area contributed by atoms with E-state index in [1.807, 2.05) is 12.4 Å². The van der Waals surface area contributed by atoms with Gasteiger partial charge in [0.1, 0.15) is 5.82 Å². The van der Waals surface area contributed by atoms with Crippen molar-refractivity contribution in [3.8, 4) is 0 Å². The number of nitrogens with zero attached hydrogens (tertiary/aromatic N) is 3. The average Bonchev–Trinajstić information content (AvgIpc) is 2.83. The van der Waals surface area contributed by atoms with Crippen molar-refractivity contribution in [1.29, 1.82) is 0 Å². The van der Waals surface area contributed by atoms with Crippen LogP contribution >= 0.6 is 0 Å². The van der Waals surface area contributed by atoms with Gasteiger partial charge in [-0.3, -0.25) is 0 Å². The van der Waals surface area contributed by atoms with E-state index in [1.54, 1.807) is 0 Å². The Labute approximate surface area is 117 Å². The van der Waals surface area contributed by atoms with E-state index in [9.17, 15) is 0 Å². The van der Waals surface area contributed by atoms with E-state index >= 15 is 0 Å². The number of aromatic nitrogens is 2. The van der Waals surface area contributed by atoms with Crippen LogP contribution in [-0.4, -0.2) is 40.6 Å². The highest BCUT2D eigenvalue weighted by Gasteiger charge is 2.15. The van der Waals surface area contributed by atoms with Crippen LogP contribution in [-0.2, 0) is 7.05 Å². The Morgan fingerprint density at radius 1 is 1.42 bits per heavy atom. The van der Waals surface area contributed by atoms with Crippen LogP contribution in [0.25, 0.3) is 0 Å². The van der Waals surface area contributed by atoms with E-state index in [2.05, 4.69) is 40.7 Å². The van der Waals surface area contributed by atoms with E-state index < -0.39 is 0 Å². The summed E-state index contributed by atoms with van der Waals surface area (Å²) in [6, 6.07) is 0.335. The van der Waals surface area contributed by atoms with Crippen LogP contribution in [0.2, 0.25) is 0 Å². The van der Waals surface area contributed by atoms with E-state index in [-0.39, 0.29) is 0 Å². The van der Waals surface area contributed by atoms with Crippen LogP contribution in [0.5, 0.6) is 0 Å². The number of likely N-dealkylation sites (tertiary alicyclic amines) is 1. The molecule has 2 heterocycles. The summed E-state index contributed by atoms with van der Waals surface area (Å²) in [7, 11) is 2.05. The fourth-order valence-corrected chi connectivity index (χ4v) is 2.79. The molecule has 1 atom stereocenters. The second kappa shape index (κ2) is 7.06. The third-order valence-corrected chi connectivity index (χ3v) is 4.22. The highest BCUT2D eigenvalue weighted by Crippen LogP contribution is 2.15. The van der Waals surface area contributed by atoms with Gasteiger partial charge in [0.05, 0.1) is 6.04 Å². The molecule has 108 valence electrons. The number of hydrogen-bond acceptors (Lipinski definition) is 3. The first kappa shape index (κ1) is 14.5. The molecular weight excluding hydrogens is 236 g/mol. The van der Waals surface area contributed by atoms with Crippen molar-refractivity contribution in [2.75, 3.05) is 26.2 Å². The molecule has 0 aliphatic carbocycles. The Kier molecular flexibility index (Phi) is 5.40. The minimum atomic E-state index is 0.335. The quantitative estimate of drug-likeness (QED) is 0.800. The lowest BCUT2D eigenvalue weighted by molar-refractivity contribution is 0.190. The van der Waals surface area contributed by atoms with Crippen molar-refractivity contribution < 1.29 is 0 Å². The third-order valence-electron chi connectivity index (χ3n) is 4.22. The van der Waals surface area contributed by atoms with Gasteiger partial charge in [-0.25, -0.2) is 4.98 Å². The Hall–Kier alpha value is -0.870. The van der Waals surface area contributed by atoms with Crippen LogP contribution in [0.1, 0.15) is 45.0 Å². The summed E-state index contributed by atoms with van der Waals surface area (Å²) in [5.41, 5.74) is 0. The van der Waals surface area contributed by atoms with Crippen LogP contribution < -0.4 is 5.32 Å². The molecule has 0 saturated carbocycles. The van der Waals surface area contributed by atoms with Crippen molar-refractivity contribution in [3.63, 3.8) is 0 Å². The summed E-state index contributed by atoms with van der Waals surface area (Å²) >= 11 is 0. The van der Waals surface area contributed by atoms with Gasteiger partial charge in [0, 0.05) is 19.4 Å². The van der Waals surface area contributed by atoms with E-state index in [1.165, 1.54) is 38.9 Å². The predicted molar refractivity (Wildman–Crippen MR) is 79.1 cm³/mol. The van der Waals surface area contributed by atoms with Crippen molar-refractivity contribution in [3.05, 3.63) is 18.2 Å². The predicted octanol–water partition coefficient (Wildman–Crippen LogP) is 2.19. The fraction of sp³-hybridized carbons (Fsp3) is 0.800. The number of hydrogen-bond donors (Lipinski definition) is 1. The second-order valence-electron chi connectivity index (χ2n) is 5.95. The summed E-state index contributed by atoms with van der Waals surface area (Å²) in [6.07, 6.45) is 7.84. The normalized spacial score (nSPS) is 19.7. The van der Waals surface area contributed by atoms with E-state index in [0.717, 1.165) is 18.3 Å². The molecule has 0 radical (unpaired) electrons. The Morgan fingerprint density at radius 3 is 2.79 bits per heavy atom. The smallest absolute Gasteiger partial charge is 0.125 e. The minimum absolute atomic E-state index is 0.335. The lowest BCUT2D eigenvalue weighted by Gasteiger charge is -2.30. The topological polar surface area (TPSA) is 33.1 Å². The van der Waals surface area contributed by atoms with Gasteiger partial charge in [-0.1, -0.05) is 6.92 Å². The number of imidazole rings is 1. The molecule has 4 heteroatoms. The maximum atomic E-state index is 4.38. The molecular formula is C15H28N4. The molecule has 1 fully saturated rings. The summed E-state index contributed by atoms with van der Waals surface area (Å²) in [5, 5.41) is 3.56. The summed E-state index contributed by atoms with van der Waals surface area (Å²) in [5.74, 6) is 2.05. The van der Waals surface area contributed by atoms with Gasteiger partial charge in [0.2, 0.25) is 0 Å². The van der Waals surface area contributed by atoms with Gasteiger partial charge in [-0.2, -0.15) is 0 Å². The second-order valence-corrected chi connectivity index (χ2v) is 5.95. The zero-order chi connectivity index (χ0) is 13.7. The van der Waals surface area contributed by atoms with Crippen molar-refractivity contribution in [2.24, 2.45) is 13.0 Å². The van der Waals surface area contributed by atoms with Gasteiger partial charge >= 0.3 is 0 Å².